The molecule has 0 atom stereocenters. The van der Waals surface area contributed by atoms with Gasteiger partial charge in [-0.15, -0.1) is 0 Å². The third-order valence-corrected chi connectivity index (χ3v) is 3.84. The third kappa shape index (κ3) is 2.11. The van der Waals surface area contributed by atoms with Crippen LogP contribution in [-0.4, -0.2) is 17.2 Å². The molecule has 3 heteroatoms. The first-order valence-electron chi connectivity index (χ1n) is 7.00. The fraction of sp³-hybridized carbons (Fsp3) is 0.111. The van der Waals surface area contributed by atoms with Crippen molar-refractivity contribution in [2.24, 2.45) is 4.99 Å². The zero-order chi connectivity index (χ0) is 14.2. The summed E-state index contributed by atoms with van der Waals surface area (Å²) in [5, 5.41) is 1.09. The predicted molar refractivity (Wildman–Crippen MR) is 82.4 cm³/mol. The van der Waals surface area contributed by atoms with Gasteiger partial charge in [0.2, 0.25) is 0 Å². The zero-order valence-corrected chi connectivity index (χ0v) is 11.4. The smallest absolute Gasteiger partial charge is 0.123 e. The van der Waals surface area contributed by atoms with Crippen LogP contribution in [0.1, 0.15) is 16.7 Å². The van der Waals surface area contributed by atoms with Crippen LogP contribution in [0.15, 0.2) is 59.7 Å². The minimum Gasteiger partial charge on any atom is -0.284 e. The van der Waals surface area contributed by atoms with E-state index in [4.69, 9.17) is 0 Å². The highest BCUT2D eigenvalue weighted by Crippen LogP contribution is 2.23. The van der Waals surface area contributed by atoms with Crippen molar-refractivity contribution >= 4 is 16.6 Å². The van der Waals surface area contributed by atoms with E-state index in [0.717, 1.165) is 39.7 Å². The van der Waals surface area contributed by atoms with Gasteiger partial charge in [-0.3, -0.25) is 9.98 Å². The third-order valence-electron chi connectivity index (χ3n) is 3.84. The maximum absolute atomic E-state index is 13.4. The van der Waals surface area contributed by atoms with Crippen LogP contribution in [0.25, 0.3) is 10.9 Å². The van der Waals surface area contributed by atoms with Crippen molar-refractivity contribution in [2.75, 3.05) is 6.54 Å². The first-order chi connectivity index (χ1) is 10.3. The van der Waals surface area contributed by atoms with Gasteiger partial charge in [0.05, 0.1) is 11.2 Å². The molecule has 0 saturated heterocycles. The van der Waals surface area contributed by atoms with Crippen LogP contribution in [0, 0.1) is 5.82 Å². The molecular formula is C18H13FN2. The number of halogens is 1. The summed E-state index contributed by atoms with van der Waals surface area (Å²) in [7, 11) is 0. The van der Waals surface area contributed by atoms with Gasteiger partial charge in [0, 0.05) is 29.3 Å². The number of hydrogen-bond acceptors (Lipinski definition) is 2. The lowest BCUT2D eigenvalue weighted by Crippen LogP contribution is -2.14. The number of hydrogen-bond donors (Lipinski definition) is 0. The van der Waals surface area contributed by atoms with E-state index in [9.17, 15) is 4.39 Å². The summed E-state index contributed by atoms with van der Waals surface area (Å²) in [5.74, 6) is -0.188. The number of rotatable bonds is 1. The van der Waals surface area contributed by atoms with Crippen LogP contribution in [0.4, 0.5) is 4.39 Å². The fourth-order valence-electron chi connectivity index (χ4n) is 2.82. The Hall–Kier alpha value is -2.55. The topological polar surface area (TPSA) is 25.2 Å². The molecule has 2 nitrogen and oxygen atoms in total. The number of fused-ring (bicyclic) bond motifs is 2. The Morgan fingerprint density at radius 3 is 2.86 bits per heavy atom. The molecule has 0 amide bonds. The maximum atomic E-state index is 13.4. The fourth-order valence-corrected chi connectivity index (χ4v) is 2.82. The average molecular weight is 276 g/mol. The van der Waals surface area contributed by atoms with Crippen molar-refractivity contribution in [1.82, 2.24) is 4.98 Å². The highest BCUT2D eigenvalue weighted by atomic mass is 19.1. The van der Waals surface area contributed by atoms with Gasteiger partial charge in [-0.05, 0) is 42.3 Å². The average Bonchev–Trinajstić information content (AvgIpc) is 2.53. The molecule has 0 saturated carbocycles. The number of aromatic nitrogens is 1. The highest BCUT2D eigenvalue weighted by Gasteiger charge is 2.16. The van der Waals surface area contributed by atoms with Gasteiger partial charge < -0.3 is 0 Å². The van der Waals surface area contributed by atoms with Gasteiger partial charge in [0.25, 0.3) is 0 Å². The first-order valence-corrected chi connectivity index (χ1v) is 7.00. The van der Waals surface area contributed by atoms with Crippen molar-refractivity contribution in [2.45, 2.75) is 6.42 Å². The van der Waals surface area contributed by atoms with E-state index in [1.165, 1.54) is 6.07 Å². The molecule has 0 radical (unpaired) electrons. The molecule has 0 unspecified atom stereocenters. The van der Waals surface area contributed by atoms with E-state index >= 15 is 0 Å². The van der Waals surface area contributed by atoms with Crippen LogP contribution >= 0.6 is 0 Å². The number of nitrogens with zero attached hydrogens (tertiary/aromatic N) is 2. The van der Waals surface area contributed by atoms with Gasteiger partial charge >= 0.3 is 0 Å². The molecule has 0 aliphatic carbocycles. The zero-order valence-electron chi connectivity index (χ0n) is 11.4. The van der Waals surface area contributed by atoms with Crippen LogP contribution in [-0.2, 0) is 6.42 Å². The lowest BCUT2D eigenvalue weighted by Gasteiger charge is -2.17. The van der Waals surface area contributed by atoms with Crippen molar-refractivity contribution in [3.8, 4) is 0 Å². The lowest BCUT2D eigenvalue weighted by atomic mass is 9.93. The summed E-state index contributed by atoms with van der Waals surface area (Å²) >= 11 is 0. The van der Waals surface area contributed by atoms with Crippen LogP contribution in [0.5, 0.6) is 0 Å². The first kappa shape index (κ1) is 12.2. The van der Waals surface area contributed by atoms with Crippen LogP contribution in [0.2, 0.25) is 0 Å². The monoisotopic (exact) mass is 276 g/mol. The van der Waals surface area contributed by atoms with Gasteiger partial charge in [0.15, 0.2) is 0 Å². The summed E-state index contributed by atoms with van der Waals surface area (Å²) in [6.45, 7) is 0.693. The standard InChI is InChI=1S/C18H13FN2/c19-15-5-6-16-12(10-15)7-8-20-18(16)14-9-13-3-1-2-4-17(13)21-11-14/h1-6,9-11H,7-8H2. The summed E-state index contributed by atoms with van der Waals surface area (Å²) in [6, 6.07) is 15.0. The Kier molecular flexibility index (Phi) is 2.78. The summed E-state index contributed by atoms with van der Waals surface area (Å²) in [4.78, 5) is 9.12. The summed E-state index contributed by atoms with van der Waals surface area (Å²) in [5.41, 5.74) is 4.90. The van der Waals surface area contributed by atoms with E-state index in [1.54, 1.807) is 6.07 Å². The largest absolute Gasteiger partial charge is 0.284 e. The Morgan fingerprint density at radius 1 is 1.00 bits per heavy atom. The number of benzene rings is 2. The van der Waals surface area contributed by atoms with Crippen molar-refractivity contribution < 1.29 is 4.39 Å². The Labute approximate surface area is 122 Å². The van der Waals surface area contributed by atoms with E-state index < -0.39 is 0 Å². The second kappa shape index (κ2) is 4.77. The predicted octanol–water partition coefficient (Wildman–Crippen LogP) is 3.77. The van der Waals surface area contributed by atoms with Crippen LogP contribution in [0.3, 0.4) is 0 Å². The molecule has 0 bridgehead atoms. The number of para-hydroxylation sites is 1. The Balaban J connectivity index is 1.87. The van der Waals surface area contributed by atoms with Gasteiger partial charge in [-0.1, -0.05) is 18.2 Å². The maximum Gasteiger partial charge on any atom is 0.123 e. The van der Waals surface area contributed by atoms with E-state index in [-0.39, 0.29) is 5.82 Å². The summed E-state index contributed by atoms with van der Waals surface area (Å²) < 4.78 is 13.4. The normalized spacial score (nSPS) is 13.9. The second-order valence-corrected chi connectivity index (χ2v) is 5.20. The van der Waals surface area contributed by atoms with Crippen LogP contribution < -0.4 is 0 Å². The molecule has 0 spiro atoms. The molecular weight excluding hydrogens is 263 g/mol. The van der Waals surface area contributed by atoms with Crippen molar-refractivity contribution in [1.29, 1.82) is 0 Å². The second-order valence-electron chi connectivity index (χ2n) is 5.20. The van der Waals surface area contributed by atoms with Gasteiger partial charge in [-0.25, -0.2) is 4.39 Å². The molecule has 0 N–H and O–H groups in total. The van der Waals surface area contributed by atoms with E-state index in [1.807, 2.05) is 36.5 Å². The lowest BCUT2D eigenvalue weighted by molar-refractivity contribution is 0.625. The van der Waals surface area contributed by atoms with E-state index in [2.05, 4.69) is 16.0 Å². The molecule has 1 aliphatic heterocycles. The molecule has 1 aliphatic rings. The molecule has 3 aromatic rings. The van der Waals surface area contributed by atoms with Crippen molar-refractivity contribution in [3.05, 3.63) is 77.2 Å². The molecule has 2 heterocycles. The molecule has 102 valence electrons. The SMILES string of the molecule is Fc1ccc2c(c1)CCN=C2c1cnc2ccccc2c1. The highest BCUT2D eigenvalue weighted by molar-refractivity contribution is 6.15. The summed E-state index contributed by atoms with van der Waals surface area (Å²) in [6.07, 6.45) is 2.64. The Bertz CT molecular complexity index is 868. The molecule has 4 rings (SSSR count). The quantitative estimate of drug-likeness (QED) is 0.664. The minimum atomic E-state index is -0.188. The molecule has 21 heavy (non-hydrogen) atoms. The molecule has 0 fully saturated rings. The number of aliphatic imine (C=N–C) groups is 1. The van der Waals surface area contributed by atoms with Gasteiger partial charge in [0.1, 0.15) is 5.82 Å². The molecule has 2 aromatic carbocycles. The Morgan fingerprint density at radius 2 is 1.90 bits per heavy atom. The van der Waals surface area contributed by atoms with E-state index in [0.29, 0.717) is 6.54 Å². The number of pyridine rings is 1. The van der Waals surface area contributed by atoms with Crippen molar-refractivity contribution in [3.63, 3.8) is 0 Å². The minimum absolute atomic E-state index is 0.188. The van der Waals surface area contributed by atoms with Gasteiger partial charge in [-0.2, -0.15) is 0 Å². The molecule has 1 aromatic heterocycles.